The van der Waals surface area contributed by atoms with Crippen molar-refractivity contribution in [3.8, 4) is 11.5 Å². The molecule has 0 aliphatic carbocycles. The highest BCUT2D eigenvalue weighted by Crippen LogP contribution is 2.23. The largest absolute Gasteiger partial charge is 0.489 e. The molecule has 11 nitrogen and oxygen atoms in total. The maximum atomic E-state index is 12.2. The van der Waals surface area contributed by atoms with Crippen LogP contribution < -0.4 is 20.1 Å². The summed E-state index contributed by atoms with van der Waals surface area (Å²) in [5.41, 5.74) is 4.31. The van der Waals surface area contributed by atoms with E-state index < -0.39 is 42.6 Å². The molecule has 1 aliphatic heterocycles. The fourth-order valence-electron chi connectivity index (χ4n) is 4.26. The molecule has 2 amide bonds. The average molecular weight is 657 g/mol. The standard InChI is InChI=1S/C22H22N2O7.C14H14O.CH4O/c25-12-16(24-22(29)20-19(31-20)21(28)23-11-18(26)27)10-14-6-8-17(9-7-14)30-13-15-4-2-1-3-5-15;1-12-7-9-14(10-8-12)15-11-13-5-3-2-4-6-13;1-2/h1-9,12,16,19-20H,10-11,13H2,(H,23,28)(H,24,29)(H,26,27);2-10H,11H2,1H3;2H,1H3/t16?,19-,20?;;/m0../s1. The highest BCUT2D eigenvalue weighted by Gasteiger charge is 2.50. The molecule has 4 aromatic rings. The van der Waals surface area contributed by atoms with Gasteiger partial charge >= 0.3 is 5.97 Å². The van der Waals surface area contributed by atoms with Gasteiger partial charge in [-0.15, -0.1) is 0 Å². The van der Waals surface area contributed by atoms with Crippen LogP contribution in [0.1, 0.15) is 22.3 Å². The van der Waals surface area contributed by atoms with Gasteiger partial charge in [-0.05, 0) is 54.3 Å². The zero-order valence-corrected chi connectivity index (χ0v) is 26.8. The number of hydrogen-bond acceptors (Lipinski definition) is 8. The first-order chi connectivity index (χ1) is 23.3. The summed E-state index contributed by atoms with van der Waals surface area (Å²) in [5, 5.41) is 20.2. The van der Waals surface area contributed by atoms with Gasteiger partial charge in [-0.3, -0.25) is 14.4 Å². The van der Waals surface area contributed by atoms with Crippen LogP contribution in [0.3, 0.4) is 0 Å². The Hall–Kier alpha value is -5.52. The van der Waals surface area contributed by atoms with E-state index in [0.29, 0.717) is 25.2 Å². The van der Waals surface area contributed by atoms with Crippen molar-refractivity contribution < 1.29 is 43.6 Å². The number of aliphatic carboxylic acids is 1. The Morgan fingerprint density at radius 3 is 1.69 bits per heavy atom. The molecule has 0 bridgehead atoms. The molecule has 252 valence electrons. The Morgan fingerprint density at radius 1 is 0.729 bits per heavy atom. The summed E-state index contributed by atoms with van der Waals surface area (Å²) in [5.74, 6) is -0.885. The van der Waals surface area contributed by atoms with Crippen LogP contribution >= 0.6 is 0 Å². The van der Waals surface area contributed by atoms with Crippen LogP contribution in [0.25, 0.3) is 0 Å². The summed E-state index contributed by atoms with van der Waals surface area (Å²) in [6.07, 6.45) is -1.21. The molecule has 4 aromatic carbocycles. The average Bonchev–Trinajstić information content (AvgIpc) is 3.93. The summed E-state index contributed by atoms with van der Waals surface area (Å²) in [7, 11) is 1.00. The molecule has 2 unspecified atom stereocenters. The summed E-state index contributed by atoms with van der Waals surface area (Å²) < 4.78 is 16.4. The first-order valence-corrected chi connectivity index (χ1v) is 15.1. The zero-order valence-electron chi connectivity index (χ0n) is 26.8. The molecule has 1 aliphatic rings. The fourth-order valence-corrected chi connectivity index (χ4v) is 4.26. The molecular formula is C37H40N2O9. The van der Waals surface area contributed by atoms with Gasteiger partial charge in [0.1, 0.15) is 37.5 Å². The monoisotopic (exact) mass is 656 g/mol. The molecule has 11 heteroatoms. The third kappa shape index (κ3) is 13.1. The van der Waals surface area contributed by atoms with Gasteiger partial charge in [-0.1, -0.05) is 90.5 Å². The van der Waals surface area contributed by atoms with E-state index in [2.05, 4.69) is 41.8 Å². The van der Waals surface area contributed by atoms with Gasteiger partial charge in [0.15, 0.2) is 12.2 Å². The van der Waals surface area contributed by atoms with Gasteiger partial charge in [-0.25, -0.2) is 0 Å². The topological polar surface area (TPSA) is 164 Å². The lowest BCUT2D eigenvalue weighted by Gasteiger charge is -2.13. The van der Waals surface area contributed by atoms with E-state index in [1.54, 1.807) is 24.3 Å². The first-order valence-electron chi connectivity index (χ1n) is 15.1. The molecular weight excluding hydrogens is 616 g/mol. The third-order valence-electron chi connectivity index (χ3n) is 6.81. The van der Waals surface area contributed by atoms with Gasteiger partial charge in [-0.2, -0.15) is 0 Å². The van der Waals surface area contributed by atoms with Crippen molar-refractivity contribution in [1.82, 2.24) is 10.6 Å². The molecule has 1 saturated heterocycles. The molecule has 1 heterocycles. The molecule has 48 heavy (non-hydrogen) atoms. The number of epoxide rings is 1. The first kappa shape index (κ1) is 36.9. The van der Waals surface area contributed by atoms with Gasteiger partial charge in [0.05, 0.1) is 6.04 Å². The third-order valence-corrected chi connectivity index (χ3v) is 6.81. The summed E-state index contributed by atoms with van der Waals surface area (Å²) in [6.45, 7) is 2.58. The SMILES string of the molecule is CO.Cc1ccc(OCc2ccccc2)cc1.O=CC(Cc1ccc(OCc2ccccc2)cc1)NC(=O)C1O[C@@H]1C(=O)NCC(=O)O. The Labute approximate surface area is 279 Å². The van der Waals surface area contributed by atoms with E-state index in [9.17, 15) is 19.2 Å². The molecule has 0 spiro atoms. The minimum absolute atomic E-state index is 0.261. The number of carboxylic acids is 1. The van der Waals surface area contributed by atoms with E-state index in [-0.39, 0.29) is 6.42 Å². The number of aliphatic hydroxyl groups is 1. The van der Waals surface area contributed by atoms with Crippen molar-refractivity contribution in [3.63, 3.8) is 0 Å². The van der Waals surface area contributed by atoms with Gasteiger partial charge in [0.2, 0.25) is 0 Å². The summed E-state index contributed by atoms with van der Waals surface area (Å²) in [4.78, 5) is 45.7. The van der Waals surface area contributed by atoms with Crippen molar-refractivity contribution in [1.29, 1.82) is 0 Å². The zero-order chi connectivity index (χ0) is 34.7. The number of aryl methyl sites for hydroxylation is 1. The second-order valence-corrected chi connectivity index (χ2v) is 10.5. The number of ether oxygens (including phenoxy) is 3. The lowest BCUT2D eigenvalue weighted by molar-refractivity contribution is -0.138. The van der Waals surface area contributed by atoms with E-state index >= 15 is 0 Å². The number of rotatable bonds is 14. The lowest BCUT2D eigenvalue weighted by Crippen LogP contribution is -2.42. The number of aldehydes is 1. The van der Waals surface area contributed by atoms with Crippen molar-refractivity contribution >= 4 is 24.1 Å². The number of carbonyl (C=O) groups is 4. The number of amides is 2. The second-order valence-electron chi connectivity index (χ2n) is 10.5. The Balaban J connectivity index is 0.000000306. The van der Waals surface area contributed by atoms with Crippen LogP contribution in [0, 0.1) is 6.92 Å². The van der Waals surface area contributed by atoms with E-state index in [1.165, 1.54) is 11.1 Å². The Morgan fingerprint density at radius 2 is 1.21 bits per heavy atom. The van der Waals surface area contributed by atoms with Crippen LogP contribution in [0.2, 0.25) is 0 Å². The van der Waals surface area contributed by atoms with Gasteiger partial charge in [0.25, 0.3) is 11.8 Å². The summed E-state index contributed by atoms with van der Waals surface area (Å²) in [6, 6.07) is 34.4. The normalized spacial score (nSPS) is 14.7. The molecule has 0 saturated carbocycles. The number of nitrogens with one attached hydrogen (secondary N) is 2. The van der Waals surface area contributed by atoms with Crippen molar-refractivity contribution in [2.75, 3.05) is 13.7 Å². The van der Waals surface area contributed by atoms with Crippen molar-refractivity contribution in [2.24, 2.45) is 0 Å². The molecule has 3 atom stereocenters. The number of carbonyl (C=O) groups excluding carboxylic acids is 3. The fraction of sp³-hybridized carbons (Fsp3) is 0.243. The minimum Gasteiger partial charge on any atom is -0.489 e. The minimum atomic E-state index is -1.20. The highest BCUT2D eigenvalue weighted by molar-refractivity contribution is 5.96. The van der Waals surface area contributed by atoms with Crippen LogP contribution in [0.4, 0.5) is 0 Å². The lowest BCUT2D eigenvalue weighted by atomic mass is 10.1. The quantitative estimate of drug-likeness (QED) is 0.117. The van der Waals surface area contributed by atoms with Crippen molar-refractivity contribution in [2.45, 2.75) is 44.8 Å². The smallest absolute Gasteiger partial charge is 0.322 e. The van der Waals surface area contributed by atoms with Crippen LogP contribution in [-0.2, 0) is 43.5 Å². The maximum Gasteiger partial charge on any atom is 0.322 e. The van der Waals surface area contributed by atoms with Crippen LogP contribution in [-0.4, -0.2) is 66.2 Å². The maximum absolute atomic E-state index is 12.2. The van der Waals surface area contributed by atoms with Crippen LogP contribution in [0.5, 0.6) is 11.5 Å². The van der Waals surface area contributed by atoms with E-state index in [1.807, 2.05) is 60.7 Å². The number of aliphatic hydroxyl groups excluding tert-OH is 1. The predicted octanol–water partition coefficient (Wildman–Crippen LogP) is 3.64. The van der Waals surface area contributed by atoms with Crippen molar-refractivity contribution in [3.05, 3.63) is 131 Å². The number of carboxylic acid groups (broad SMARTS) is 1. The number of benzene rings is 4. The van der Waals surface area contributed by atoms with E-state index in [0.717, 1.165) is 24.0 Å². The van der Waals surface area contributed by atoms with E-state index in [4.69, 9.17) is 24.4 Å². The second kappa shape index (κ2) is 19.9. The highest BCUT2D eigenvalue weighted by atomic mass is 16.6. The van der Waals surface area contributed by atoms with Gasteiger partial charge < -0.3 is 39.9 Å². The molecule has 0 radical (unpaired) electrons. The molecule has 0 aromatic heterocycles. The van der Waals surface area contributed by atoms with Gasteiger partial charge in [0, 0.05) is 7.11 Å². The number of hydrogen-bond donors (Lipinski definition) is 4. The molecule has 4 N–H and O–H groups in total. The Kier molecular flexibility index (Phi) is 15.3. The van der Waals surface area contributed by atoms with Crippen LogP contribution in [0.15, 0.2) is 109 Å². The molecule has 5 rings (SSSR count). The predicted molar refractivity (Wildman–Crippen MR) is 178 cm³/mol. The Bertz CT molecular complexity index is 1560. The summed E-state index contributed by atoms with van der Waals surface area (Å²) >= 11 is 0. The molecule has 1 fully saturated rings.